The Labute approximate surface area is 50.2 Å². The molecule has 0 aromatic carbocycles. The number of ether oxygens (including phenoxy) is 1. The van der Waals surface area contributed by atoms with E-state index >= 15 is 0 Å². The van der Waals surface area contributed by atoms with Crippen molar-refractivity contribution in [3.63, 3.8) is 0 Å². The van der Waals surface area contributed by atoms with Gasteiger partial charge in [-0.1, -0.05) is 6.90 Å². The molecular formula is C6H10O2. The van der Waals surface area contributed by atoms with Gasteiger partial charge in [-0.25, -0.2) is 0 Å². The Morgan fingerprint density at radius 1 is 2.00 bits per heavy atom. The van der Waals surface area contributed by atoms with E-state index in [9.17, 15) is 4.79 Å². The average Bonchev–Trinajstić information content (AvgIpc) is 1.89. The van der Waals surface area contributed by atoms with Gasteiger partial charge in [0, 0.05) is 1.37 Å². The largest absolute Gasteiger partial charge is 0.465 e. The molecule has 1 aliphatic rings. The molecule has 0 spiro atoms. The first-order valence-electron chi connectivity index (χ1n) is 3.51. The van der Waals surface area contributed by atoms with Crippen molar-refractivity contribution in [3.05, 3.63) is 0 Å². The summed E-state index contributed by atoms with van der Waals surface area (Å²) in [4.78, 5) is 10.7. The van der Waals surface area contributed by atoms with Gasteiger partial charge in [-0.3, -0.25) is 4.79 Å². The van der Waals surface area contributed by atoms with Gasteiger partial charge in [0.1, 0.15) is 0 Å². The van der Waals surface area contributed by atoms with E-state index in [0.29, 0.717) is 6.61 Å². The first-order valence-corrected chi connectivity index (χ1v) is 2.80. The van der Waals surface area contributed by atoms with E-state index in [4.69, 9.17) is 6.11 Å². The minimum atomic E-state index is -0.184. The quantitative estimate of drug-likeness (QED) is 0.439. The van der Waals surface area contributed by atoms with Gasteiger partial charge in [0.2, 0.25) is 0 Å². The molecule has 0 N–H and O–H groups in total. The summed E-state index contributed by atoms with van der Waals surface area (Å²) >= 11 is 0. The van der Waals surface area contributed by atoms with Crippen LogP contribution in [0.3, 0.4) is 0 Å². The van der Waals surface area contributed by atoms with Crippen molar-refractivity contribution in [3.8, 4) is 0 Å². The second-order valence-electron chi connectivity index (χ2n) is 2.01. The summed E-state index contributed by atoms with van der Waals surface area (Å²) in [6.07, 6.45) is 1.76. The van der Waals surface area contributed by atoms with Gasteiger partial charge in [0.25, 0.3) is 0 Å². The molecule has 0 amide bonds. The number of carbonyl (C=O) groups is 1. The van der Waals surface area contributed by atoms with Crippen LogP contribution in [0.5, 0.6) is 0 Å². The summed E-state index contributed by atoms with van der Waals surface area (Å²) in [7, 11) is 0. The fraction of sp³-hybridized carbons (Fsp3) is 0.833. The number of hydrogen-bond donors (Lipinski definition) is 0. The minimum absolute atomic E-state index is 0.140. The van der Waals surface area contributed by atoms with Gasteiger partial charge in [-0.15, -0.1) is 0 Å². The van der Waals surface area contributed by atoms with Crippen molar-refractivity contribution in [2.45, 2.75) is 19.7 Å². The second kappa shape index (κ2) is 2.16. The summed E-state index contributed by atoms with van der Waals surface area (Å²) < 4.78 is 11.6. The SMILES string of the molecule is [2H]CC1CCCOC1=O. The van der Waals surface area contributed by atoms with Crippen LogP contribution in [-0.2, 0) is 9.53 Å². The lowest BCUT2D eigenvalue weighted by Crippen LogP contribution is -2.20. The Morgan fingerprint density at radius 3 is 3.38 bits per heavy atom. The first-order chi connectivity index (χ1) is 4.34. The van der Waals surface area contributed by atoms with E-state index < -0.39 is 0 Å². The molecule has 1 unspecified atom stereocenters. The molecule has 0 bridgehead atoms. The highest BCUT2D eigenvalue weighted by Crippen LogP contribution is 2.12. The maximum Gasteiger partial charge on any atom is 0.308 e. The topological polar surface area (TPSA) is 26.3 Å². The van der Waals surface area contributed by atoms with Gasteiger partial charge >= 0.3 is 5.97 Å². The fourth-order valence-electron chi connectivity index (χ4n) is 0.738. The Bertz CT molecular complexity index is 114. The molecule has 2 nitrogen and oxygen atoms in total. The smallest absolute Gasteiger partial charge is 0.308 e. The molecular weight excluding hydrogens is 104 g/mol. The molecule has 2 heteroatoms. The van der Waals surface area contributed by atoms with Crippen LogP contribution in [-0.4, -0.2) is 12.6 Å². The number of rotatable bonds is 0. The predicted molar refractivity (Wildman–Crippen MR) is 29.4 cm³/mol. The normalized spacial score (nSPS) is 31.2. The van der Waals surface area contributed by atoms with Crippen molar-refractivity contribution < 1.29 is 10.9 Å². The van der Waals surface area contributed by atoms with Crippen LogP contribution in [0, 0.1) is 5.92 Å². The van der Waals surface area contributed by atoms with Gasteiger partial charge in [-0.05, 0) is 12.8 Å². The van der Waals surface area contributed by atoms with Crippen LogP contribution in [0.25, 0.3) is 0 Å². The van der Waals surface area contributed by atoms with Gasteiger partial charge < -0.3 is 4.74 Å². The Kier molecular flexibility index (Phi) is 1.18. The van der Waals surface area contributed by atoms with Crippen molar-refractivity contribution in [2.24, 2.45) is 5.92 Å². The zero-order valence-corrected chi connectivity index (χ0v) is 4.72. The van der Waals surface area contributed by atoms with E-state index in [1.165, 1.54) is 0 Å². The number of hydrogen-bond acceptors (Lipinski definition) is 2. The summed E-state index contributed by atoms with van der Waals surface area (Å²) in [6.45, 7) is 0.730. The van der Waals surface area contributed by atoms with E-state index in [2.05, 4.69) is 0 Å². The highest BCUT2D eigenvalue weighted by Gasteiger charge is 2.17. The van der Waals surface area contributed by atoms with Crippen molar-refractivity contribution in [1.82, 2.24) is 0 Å². The molecule has 8 heavy (non-hydrogen) atoms. The molecule has 1 fully saturated rings. The third-order valence-corrected chi connectivity index (χ3v) is 1.27. The van der Waals surface area contributed by atoms with Gasteiger partial charge in [-0.2, -0.15) is 0 Å². The minimum Gasteiger partial charge on any atom is -0.465 e. The molecule has 0 aliphatic carbocycles. The molecule has 1 saturated heterocycles. The Morgan fingerprint density at radius 2 is 2.88 bits per heavy atom. The highest BCUT2D eigenvalue weighted by molar-refractivity contribution is 5.72. The molecule has 1 aliphatic heterocycles. The lowest BCUT2D eigenvalue weighted by atomic mass is 10.0. The molecule has 1 rings (SSSR count). The summed E-state index contributed by atoms with van der Waals surface area (Å²) in [5.41, 5.74) is 0. The monoisotopic (exact) mass is 115 g/mol. The van der Waals surface area contributed by atoms with Gasteiger partial charge in [0.05, 0.1) is 12.5 Å². The van der Waals surface area contributed by atoms with Crippen LogP contribution in [0.4, 0.5) is 0 Å². The van der Waals surface area contributed by atoms with Crippen LogP contribution in [0.1, 0.15) is 21.1 Å². The lowest BCUT2D eigenvalue weighted by Gasteiger charge is -2.15. The summed E-state index contributed by atoms with van der Waals surface area (Å²) in [5, 5.41) is 0. The van der Waals surface area contributed by atoms with Crippen LogP contribution >= 0.6 is 0 Å². The van der Waals surface area contributed by atoms with Crippen molar-refractivity contribution in [1.29, 1.82) is 0 Å². The second-order valence-corrected chi connectivity index (χ2v) is 2.01. The van der Waals surface area contributed by atoms with Crippen LogP contribution in [0.15, 0.2) is 0 Å². The lowest BCUT2D eigenvalue weighted by molar-refractivity contribution is -0.151. The zero-order valence-electron chi connectivity index (χ0n) is 5.72. The third-order valence-electron chi connectivity index (χ3n) is 1.27. The fourth-order valence-corrected chi connectivity index (χ4v) is 0.738. The standard InChI is InChI=1S/C6H10O2/c1-5-3-2-4-8-6(5)7/h5H,2-4H2,1H3/i1D. The van der Waals surface area contributed by atoms with Gasteiger partial charge in [0.15, 0.2) is 0 Å². The predicted octanol–water partition coefficient (Wildman–Crippen LogP) is 0.960. The Balaban J connectivity index is 2.39. The van der Waals surface area contributed by atoms with E-state index in [1.54, 1.807) is 0 Å². The van der Waals surface area contributed by atoms with Crippen LogP contribution < -0.4 is 0 Å². The molecule has 46 valence electrons. The number of cyclic esters (lactones) is 1. The Hall–Kier alpha value is -0.530. The molecule has 0 radical (unpaired) electrons. The average molecular weight is 115 g/mol. The van der Waals surface area contributed by atoms with Crippen molar-refractivity contribution in [2.75, 3.05) is 6.61 Å². The van der Waals surface area contributed by atoms with E-state index in [-0.39, 0.29) is 18.8 Å². The van der Waals surface area contributed by atoms with E-state index in [1.807, 2.05) is 0 Å². The number of carbonyl (C=O) groups excluding carboxylic acids is 1. The highest BCUT2D eigenvalue weighted by atomic mass is 16.5. The summed E-state index contributed by atoms with van der Waals surface area (Å²) in [6, 6.07) is 0. The molecule has 0 aromatic rings. The molecule has 1 atom stereocenters. The maximum atomic E-state index is 10.7. The molecule has 1 heterocycles. The molecule has 0 saturated carbocycles. The van der Waals surface area contributed by atoms with E-state index in [0.717, 1.165) is 12.8 Å². The van der Waals surface area contributed by atoms with Crippen LogP contribution in [0.2, 0.25) is 0 Å². The summed E-state index contributed by atoms with van der Waals surface area (Å²) in [5.74, 6) is -0.324. The molecule has 0 aromatic heterocycles. The first kappa shape index (κ1) is 4.36. The zero-order chi connectivity index (χ0) is 6.69. The third kappa shape index (κ3) is 0.997. The maximum absolute atomic E-state index is 10.7. The van der Waals surface area contributed by atoms with Crippen molar-refractivity contribution >= 4 is 5.97 Å². The number of esters is 1.